The fourth-order valence-electron chi connectivity index (χ4n) is 2.30. The predicted octanol–water partition coefficient (Wildman–Crippen LogP) is 3.75. The van der Waals surface area contributed by atoms with E-state index in [1.165, 1.54) is 32.4 Å². The number of benzene rings is 2. The molecule has 0 aliphatic carbocycles. The summed E-state index contributed by atoms with van der Waals surface area (Å²) >= 11 is 6.22. The second-order valence-corrected chi connectivity index (χ2v) is 6.30. The molecular formula is C21H19ClN2O5. The van der Waals surface area contributed by atoms with Crippen molar-refractivity contribution < 1.29 is 23.8 Å². The summed E-state index contributed by atoms with van der Waals surface area (Å²) in [6.07, 6.45) is 1.38. The van der Waals surface area contributed by atoms with Crippen LogP contribution in [0, 0.1) is 18.3 Å². The number of hydrogen-bond donors (Lipinski definition) is 1. The predicted molar refractivity (Wildman–Crippen MR) is 109 cm³/mol. The number of nitrogens with zero attached hydrogens (tertiary/aromatic N) is 1. The molecule has 0 bridgehead atoms. The maximum atomic E-state index is 12.4. The minimum atomic E-state index is -0.577. The van der Waals surface area contributed by atoms with E-state index < -0.39 is 11.9 Å². The van der Waals surface area contributed by atoms with Gasteiger partial charge in [0, 0.05) is 5.69 Å². The van der Waals surface area contributed by atoms with E-state index in [1.54, 1.807) is 12.1 Å². The lowest BCUT2D eigenvalue weighted by Crippen LogP contribution is -2.14. The zero-order valence-corrected chi connectivity index (χ0v) is 16.9. The summed E-state index contributed by atoms with van der Waals surface area (Å²) in [6, 6.07) is 12.1. The van der Waals surface area contributed by atoms with Gasteiger partial charge in [-0.2, -0.15) is 5.26 Å². The zero-order chi connectivity index (χ0) is 21.4. The summed E-state index contributed by atoms with van der Waals surface area (Å²) in [4.78, 5) is 23.7. The number of esters is 1. The third kappa shape index (κ3) is 5.99. The number of methoxy groups -OCH3 is 2. The lowest BCUT2D eigenvalue weighted by Gasteiger charge is -2.12. The number of carbonyl (C=O) groups excluding carboxylic acids is 2. The van der Waals surface area contributed by atoms with Crippen LogP contribution in [-0.4, -0.2) is 32.7 Å². The maximum Gasteiger partial charge on any atom is 0.343 e. The molecule has 2 aromatic rings. The molecule has 8 heteroatoms. The van der Waals surface area contributed by atoms with Gasteiger partial charge in [0.2, 0.25) is 0 Å². The van der Waals surface area contributed by atoms with Crippen LogP contribution in [0.15, 0.2) is 42.0 Å². The van der Waals surface area contributed by atoms with E-state index in [1.807, 2.05) is 25.1 Å². The van der Waals surface area contributed by atoms with Crippen molar-refractivity contribution in [2.75, 3.05) is 26.1 Å². The average molecular weight is 415 g/mol. The Morgan fingerprint density at radius 1 is 1.21 bits per heavy atom. The summed E-state index contributed by atoms with van der Waals surface area (Å²) in [6.45, 7) is 1.59. The minimum Gasteiger partial charge on any atom is -0.493 e. The van der Waals surface area contributed by atoms with Gasteiger partial charge < -0.3 is 19.5 Å². The molecule has 0 fully saturated rings. The summed E-state index contributed by atoms with van der Waals surface area (Å²) in [5, 5.41) is 12.2. The number of carbonyl (C=O) groups is 2. The van der Waals surface area contributed by atoms with E-state index in [0.717, 1.165) is 5.56 Å². The number of rotatable bonds is 7. The number of anilines is 1. The first-order valence-corrected chi connectivity index (χ1v) is 8.82. The van der Waals surface area contributed by atoms with E-state index in [0.29, 0.717) is 11.3 Å². The first kappa shape index (κ1) is 21.8. The second-order valence-electron chi connectivity index (χ2n) is 5.89. The maximum absolute atomic E-state index is 12.4. The lowest BCUT2D eigenvalue weighted by atomic mass is 10.1. The molecule has 0 radical (unpaired) electrons. The van der Waals surface area contributed by atoms with E-state index in [2.05, 4.69) is 10.1 Å². The quantitative estimate of drug-likeness (QED) is 0.421. The van der Waals surface area contributed by atoms with Gasteiger partial charge in [-0.25, -0.2) is 4.79 Å². The first-order valence-electron chi connectivity index (χ1n) is 8.45. The lowest BCUT2D eigenvalue weighted by molar-refractivity contribution is -0.142. The van der Waals surface area contributed by atoms with Crippen LogP contribution in [0.25, 0.3) is 6.08 Å². The molecule has 0 saturated heterocycles. The highest BCUT2D eigenvalue weighted by Gasteiger charge is 2.15. The van der Waals surface area contributed by atoms with Crippen LogP contribution < -0.4 is 14.8 Å². The summed E-state index contributed by atoms with van der Waals surface area (Å²) in [5.41, 5.74) is 1.96. The fourth-order valence-corrected chi connectivity index (χ4v) is 2.58. The van der Waals surface area contributed by atoms with Crippen LogP contribution in [-0.2, 0) is 14.3 Å². The number of hydrogen-bond acceptors (Lipinski definition) is 6. The van der Waals surface area contributed by atoms with Crippen molar-refractivity contribution in [3.8, 4) is 17.6 Å². The van der Waals surface area contributed by atoms with Crippen LogP contribution >= 0.6 is 11.6 Å². The van der Waals surface area contributed by atoms with E-state index in [4.69, 9.17) is 21.1 Å². The molecule has 0 heterocycles. The van der Waals surface area contributed by atoms with Gasteiger partial charge in [-0.1, -0.05) is 29.3 Å². The molecule has 0 saturated carbocycles. The van der Waals surface area contributed by atoms with Gasteiger partial charge in [0.1, 0.15) is 11.6 Å². The number of nitriles is 1. The molecule has 0 spiro atoms. The first-order chi connectivity index (χ1) is 13.9. The average Bonchev–Trinajstić information content (AvgIpc) is 2.72. The Hall–Kier alpha value is -3.50. The molecule has 2 aromatic carbocycles. The van der Waals surface area contributed by atoms with Crippen LogP contribution in [0.1, 0.15) is 11.1 Å². The van der Waals surface area contributed by atoms with Crippen molar-refractivity contribution in [1.29, 1.82) is 5.26 Å². The standard InChI is InChI=1S/C21H19ClN2O5/c1-13-4-6-16(7-5-13)24-21(26)15(11-23)8-14-9-17(22)20(18(10-14)27-2)29-12-19(25)28-3/h4-10H,12H2,1-3H3,(H,24,26)/b15-8-. The Labute approximate surface area is 173 Å². The second kappa shape index (κ2) is 10.2. The molecule has 0 aliphatic rings. The minimum absolute atomic E-state index is 0.119. The van der Waals surface area contributed by atoms with Gasteiger partial charge >= 0.3 is 5.97 Å². The fraction of sp³-hybridized carbons (Fsp3) is 0.190. The van der Waals surface area contributed by atoms with Crippen LogP contribution in [0.2, 0.25) is 5.02 Å². The number of aryl methyl sites for hydroxylation is 1. The van der Waals surface area contributed by atoms with Gasteiger partial charge in [0.05, 0.1) is 19.2 Å². The summed E-state index contributed by atoms with van der Waals surface area (Å²) in [5.74, 6) is -0.743. The van der Waals surface area contributed by atoms with E-state index >= 15 is 0 Å². The molecule has 7 nitrogen and oxygen atoms in total. The molecule has 29 heavy (non-hydrogen) atoms. The van der Waals surface area contributed by atoms with Crippen molar-refractivity contribution in [3.05, 3.63) is 58.1 Å². The van der Waals surface area contributed by atoms with Crippen molar-refractivity contribution in [2.24, 2.45) is 0 Å². The van der Waals surface area contributed by atoms with Gasteiger partial charge in [0.25, 0.3) is 5.91 Å². The number of amides is 1. The van der Waals surface area contributed by atoms with Crippen LogP contribution in [0.5, 0.6) is 11.5 Å². The monoisotopic (exact) mass is 414 g/mol. The molecule has 0 unspecified atom stereocenters. The zero-order valence-electron chi connectivity index (χ0n) is 16.1. The smallest absolute Gasteiger partial charge is 0.343 e. The van der Waals surface area contributed by atoms with Crippen molar-refractivity contribution in [2.45, 2.75) is 6.92 Å². The molecule has 0 aromatic heterocycles. The Kier molecular flexibility index (Phi) is 7.63. The van der Waals surface area contributed by atoms with Gasteiger partial charge in [-0.3, -0.25) is 4.79 Å². The van der Waals surface area contributed by atoms with Crippen molar-refractivity contribution >= 4 is 35.2 Å². The van der Waals surface area contributed by atoms with Crippen molar-refractivity contribution in [1.82, 2.24) is 0 Å². The Bertz CT molecular complexity index is 978. The molecule has 1 amide bonds. The van der Waals surface area contributed by atoms with Gasteiger partial charge in [-0.15, -0.1) is 0 Å². The SMILES string of the molecule is COC(=O)COc1c(Cl)cc(/C=C(/C#N)C(=O)Nc2ccc(C)cc2)cc1OC. The highest BCUT2D eigenvalue weighted by molar-refractivity contribution is 6.32. The van der Waals surface area contributed by atoms with E-state index in [9.17, 15) is 14.9 Å². The Morgan fingerprint density at radius 2 is 1.90 bits per heavy atom. The highest BCUT2D eigenvalue weighted by Crippen LogP contribution is 2.37. The summed E-state index contributed by atoms with van der Waals surface area (Å²) < 4.78 is 15.1. The summed E-state index contributed by atoms with van der Waals surface area (Å²) in [7, 11) is 2.64. The normalized spacial score (nSPS) is 10.7. The number of halogens is 1. The van der Waals surface area contributed by atoms with Gasteiger partial charge in [-0.05, 0) is 42.8 Å². The molecule has 150 valence electrons. The molecule has 2 rings (SSSR count). The third-order valence-electron chi connectivity index (χ3n) is 3.80. The molecule has 0 aliphatic heterocycles. The van der Waals surface area contributed by atoms with Crippen LogP contribution in [0.3, 0.4) is 0 Å². The Balaban J connectivity index is 2.26. The topological polar surface area (TPSA) is 97.7 Å². The van der Waals surface area contributed by atoms with Gasteiger partial charge in [0.15, 0.2) is 18.1 Å². The van der Waals surface area contributed by atoms with Crippen LogP contribution in [0.4, 0.5) is 5.69 Å². The molecular weight excluding hydrogens is 396 g/mol. The Morgan fingerprint density at radius 3 is 2.48 bits per heavy atom. The highest BCUT2D eigenvalue weighted by atomic mass is 35.5. The van der Waals surface area contributed by atoms with Crippen molar-refractivity contribution in [3.63, 3.8) is 0 Å². The largest absolute Gasteiger partial charge is 0.493 e. The number of ether oxygens (including phenoxy) is 3. The molecule has 0 atom stereocenters. The number of nitrogens with one attached hydrogen (secondary N) is 1. The van der Waals surface area contributed by atoms with E-state index in [-0.39, 0.29) is 28.7 Å². The third-order valence-corrected chi connectivity index (χ3v) is 4.08. The molecule has 1 N–H and O–H groups in total.